The van der Waals surface area contributed by atoms with E-state index in [1.54, 1.807) is 11.3 Å². The van der Waals surface area contributed by atoms with Gasteiger partial charge in [-0.1, -0.05) is 36.4 Å². The van der Waals surface area contributed by atoms with Gasteiger partial charge in [0.15, 0.2) is 0 Å². The number of hydrogen-bond donors (Lipinski definition) is 0. The van der Waals surface area contributed by atoms with Crippen LogP contribution in [0.25, 0.3) is 21.9 Å². The average Bonchev–Trinajstić information content (AvgIpc) is 3.06. The molecule has 0 saturated carbocycles. The van der Waals surface area contributed by atoms with Crippen molar-refractivity contribution in [1.82, 2.24) is 0 Å². The molecule has 0 unspecified atom stereocenters. The largest absolute Gasteiger partial charge is 0.135 e. The first-order chi connectivity index (χ1) is 9.31. The van der Waals surface area contributed by atoms with Gasteiger partial charge in [0.25, 0.3) is 0 Å². The van der Waals surface area contributed by atoms with Crippen LogP contribution in [0, 0.1) is 0 Å². The van der Waals surface area contributed by atoms with Gasteiger partial charge >= 0.3 is 0 Å². The highest BCUT2D eigenvalue weighted by atomic mass is 79.9. The van der Waals surface area contributed by atoms with Gasteiger partial charge in [0.2, 0.25) is 0 Å². The molecule has 19 heavy (non-hydrogen) atoms. The summed E-state index contributed by atoms with van der Waals surface area (Å²) in [6, 6.07) is 19.0. The van der Waals surface area contributed by atoms with E-state index in [0.29, 0.717) is 0 Å². The van der Waals surface area contributed by atoms with Gasteiger partial charge in [0, 0.05) is 14.6 Å². The Morgan fingerprint density at radius 1 is 0.737 bits per heavy atom. The highest BCUT2D eigenvalue weighted by Crippen LogP contribution is 2.36. The maximum absolute atomic E-state index is 3.51. The molecule has 0 spiro atoms. The molecule has 2 heterocycles. The Bertz CT molecular complexity index is 692. The van der Waals surface area contributed by atoms with Gasteiger partial charge in [-0.05, 0) is 51.8 Å². The highest BCUT2D eigenvalue weighted by Gasteiger charge is 2.03. The van der Waals surface area contributed by atoms with Gasteiger partial charge in [0.05, 0.1) is 3.79 Å². The molecule has 0 radical (unpaired) electrons. The molecule has 0 aliphatic carbocycles. The molecule has 0 amide bonds. The minimum atomic E-state index is 1.18. The standard InChI is InChI=1S/C16H11BrS2/c17-16-11-10-15(19-16)14-9-8-13(18-14)7-6-12-4-2-1-3-5-12/h1-11H/b7-6+. The summed E-state index contributed by atoms with van der Waals surface area (Å²) in [5.74, 6) is 0. The van der Waals surface area contributed by atoms with Crippen molar-refractivity contribution in [2.45, 2.75) is 0 Å². The van der Waals surface area contributed by atoms with E-state index in [1.165, 1.54) is 24.0 Å². The minimum absolute atomic E-state index is 1.18. The van der Waals surface area contributed by atoms with E-state index in [1.807, 2.05) is 17.4 Å². The predicted molar refractivity (Wildman–Crippen MR) is 90.7 cm³/mol. The minimum Gasteiger partial charge on any atom is -0.135 e. The summed E-state index contributed by atoms with van der Waals surface area (Å²) in [4.78, 5) is 3.92. The summed E-state index contributed by atoms with van der Waals surface area (Å²) >= 11 is 7.10. The Kier molecular flexibility index (Phi) is 3.97. The van der Waals surface area contributed by atoms with E-state index in [2.05, 4.69) is 76.6 Å². The van der Waals surface area contributed by atoms with E-state index in [9.17, 15) is 0 Å². The second-order valence-corrected chi connectivity index (χ2v) is 7.63. The molecule has 3 heteroatoms. The van der Waals surface area contributed by atoms with E-state index in [4.69, 9.17) is 0 Å². The Balaban J connectivity index is 1.80. The monoisotopic (exact) mass is 346 g/mol. The second-order valence-electron chi connectivity index (χ2n) is 4.05. The molecule has 94 valence electrons. The molecule has 0 aliphatic rings. The van der Waals surface area contributed by atoms with E-state index in [-0.39, 0.29) is 0 Å². The fraction of sp³-hybridized carbons (Fsp3) is 0. The van der Waals surface area contributed by atoms with Crippen molar-refractivity contribution in [2.75, 3.05) is 0 Å². The van der Waals surface area contributed by atoms with Gasteiger partial charge in [-0.2, -0.15) is 0 Å². The summed E-state index contributed by atoms with van der Waals surface area (Å²) in [7, 11) is 0. The van der Waals surface area contributed by atoms with Gasteiger partial charge < -0.3 is 0 Å². The fourth-order valence-electron chi connectivity index (χ4n) is 1.76. The molecule has 3 rings (SSSR count). The molecule has 0 aliphatic heterocycles. The molecule has 3 aromatic rings. The van der Waals surface area contributed by atoms with Crippen molar-refractivity contribution in [2.24, 2.45) is 0 Å². The van der Waals surface area contributed by atoms with E-state index >= 15 is 0 Å². The first kappa shape index (κ1) is 12.9. The summed E-state index contributed by atoms with van der Waals surface area (Å²) in [5.41, 5.74) is 1.23. The van der Waals surface area contributed by atoms with Crippen molar-refractivity contribution < 1.29 is 0 Å². The molecular formula is C16H11BrS2. The number of benzene rings is 1. The van der Waals surface area contributed by atoms with Crippen LogP contribution in [0.2, 0.25) is 0 Å². The lowest BCUT2D eigenvalue weighted by Crippen LogP contribution is -1.67. The zero-order valence-electron chi connectivity index (χ0n) is 10.0. The van der Waals surface area contributed by atoms with Crippen LogP contribution in [0.5, 0.6) is 0 Å². The maximum Gasteiger partial charge on any atom is 0.0705 e. The number of hydrogen-bond acceptors (Lipinski definition) is 2. The van der Waals surface area contributed by atoms with Crippen LogP contribution in [0.3, 0.4) is 0 Å². The molecule has 1 aromatic carbocycles. The number of thiophene rings is 2. The van der Waals surface area contributed by atoms with Gasteiger partial charge in [-0.15, -0.1) is 22.7 Å². The quantitative estimate of drug-likeness (QED) is 0.513. The number of rotatable bonds is 3. The summed E-state index contributed by atoms with van der Waals surface area (Å²) in [5, 5.41) is 0. The van der Waals surface area contributed by atoms with Crippen LogP contribution < -0.4 is 0 Å². The molecular weight excluding hydrogens is 336 g/mol. The molecule has 0 atom stereocenters. The topological polar surface area (TPSA) is 0 Å². The lowest BCUT2D eigenvalue weighted by molar-refractivity contribution is 1.67. The zero-order valence-corrected chi connectivity index (χ0v) is 13.3. The predicted octanol–water partition coefficient (Wildman–Crippen LogP) is 6.41. The van der Waals surface area contributed by atoms with Crippen molar-refractivity contribution in [3.8, 4) is 9.75 Å². The first-order valence-electron chi connectivity index (χ1n) is 5.90. The van der Waals surface area contributed by atoms with Crippen LogP contribution in [0.1, 0.15) is 10.4 Å². The second kappa shape index (κ2) is 5.87. The molecule has 0 bridgehead atoms. The van der Waals surface area contributed by atoms with Crippen LogP contribution >= 0.6 is 38.6 Å². The molecule has 0 nitrogen and oxygen atoms in total. The molecule has 0 saturated heterocycles. The molecule has 0 fully saturated rings. The number of halogens is 1. The molecule has 0 N–H and O–H groups in total. The Labute approximate surface area is 129 Å². The fourth-order valence-corrected chi connectivity index (χ4v) is 4.15. The van der Waals surface area contributed by atoms with Crippen LogP contribution in [-0.4, -0.2) is 0 Å². The smallest absolute Gasteiger partial charge is 0.0705 e. The normalized spacial score (nSPS) is 11.2. The average molecular weight is 347 g/mol. The Morgan fingerprint density at radius 2 is 1.47 bits per heavy atom. The van der Waals surface area contributed by atoms with E-state index in [0.717, 1.165) is 0 Å². The lowest BCUT2D eigenvalue weighted by Gasteiger charge is -1.90. The van der Waals surface area contributed by atoms with Crippen LogP contribution in [-0.2, 0) is 0 Å². The van der Waals surface area contributed by atoms with Crippen LogP contribution in [0.4, 0.5) is 0 Å². The zero-order chi connectivity index (χ0) is 13.1. The Morgan fingerprint density at radius 3 is 2.21 bits per heavy atom. The highest BCUT2D eigenvalue weighted by molar-refractivity contribution is 9.11. The van der Waals surface area contributed by atoms with Crippen molar-refractivity contribution >= 4 is 50.8 Å². The van der Waals surface area contributed by atoms with E-state index < -0.39 is 0 Å². The molecule has 2 aromatic heterocycles. The maximum atomic E-state index is 3.51. The summed E-state index contributed by atoms with van der Waals surface area (Å²) < 4.78 is 1.18. The van der Waals surface area contributed by atoms with Crippen molar-refractivity contribution in [1.29, 1.82) is 0 Å². The van der Waals surface area contributed by atoms with Gasteiger partial charge in [0.1, 0.15) is 0 Å². The SMILES string of the molecule is Brc1ccc(-c2ccc(/C=C/c3ccccc3)s2)s1. The third-order valence-electron chi connectivity index (χ3n) is 2.68. The summed E-state index contributed by atoms with van der Waals surface area (Å²) in [6.07, 6.45) is 4.33. The third-order valence-corrected chi connectivity index (χ3v) is 5.55. The summed E-state index contributed by atoms with van der Waals surface area (Å²) in [6.45, 7) is 0. The lowest BCUT2D eigenvalue weighted by atomic mass is 10.2. The van der Waals surface area contributed by atoms with Gasteiger partial charge in [-0.3, -0.25) is 0 Å². The van der Waals surface area contributed by atoms with Crippen LogP contribution in [0.15, 0.2) is 58.4 Å². The van der Waals surface area contributed by atoms with Crippen molar-refractivity contribution in [3.63, 3.8) is 0 Å². The third kappa shape index (κ3) is 3.24. The first-order valence-corrected chi connectivity index (χ1v) is 8.32. The van der Waals surface area contributed by atoms with Crippen molar-refractivity contribution in [3.05, 3.63) is 68.8 Å². The Hall–Kier alpha value is -1.16. The van der Waals surface area contributed by atoms with Gasteiger partial charge in [-0.25, -0.2) is 0 Å².